The molecule has 1 aromatic carbocycles. The third-order valence-electron chi connectivity index (χ3n) is 6.05. The third kappa shape index (κ3) is 3.53. The van der Waals surface area contributed by atoms with Gasteiger partial charge in [-0.05, 0) is 55.4 Å². The van der Waals surface area contributed by atoms with Crippen LogP contribution in [0.15, 0.2) is 18.2 Å². The SMILES string of the molecule is O=C(Nc1ccc2c(c1)CN(C(=O)c1nnc3n1CCCC3)CC2)C1CCCO1. The molecular weight excluding hydrogens is 370 g/mol. The van der Waals surface area contributed by atoms with E-state index in [1.165, 1.54) is 5.56 Å². The largest absolute Gasteiger partial charge is 0.368 e. The van der Waals surface area contributed by atoms with Crippen LogP contribution in [0.2, 0.25) is 0 Å². The molecule has 1 unspecified atom stereocenters. The molecule has 2 amide bonds. The predicted octanol–water partition coefficient (Wildman–Crippen LogP) is 1.93. The number of ether oxygens (including phenoxy) is 1. The predicted molar refractivity (Wildman–Crippen MR) is 105 cm³/mol. The quantitative estimate of drug-likeness (QED) is 0.858. The molecule has 1 saturated heterocycles. The van der Waals surface area contributed by atoms with Crippen molar-refractivity contribution in [2.75, 3.05) is 18.5 Å². The van der Waals surface area contributed by atoms with Crippen molar-refractivity contribution < 1.29 is 14.3 Å². The summed E-state index contributed by atoms with van der Waals surface area (Å²) < 4.78 is 7.43. The number of fused-ring (bicyclic) bond motifs is 2. The highest BCUT2D eigenvalue weighted by atomic mass is 16.5. The van der Waals surface area contributed by atoms with Gasteiger partial charge in [-0.15, -0.1) is 10.2 Å². The highest BCUT2D eigenvalue weighted by molar-refractivity contribution is 5.94. The van der Waals surface area contributed by atoms with E-state index in [9.17, 15) is 9.59 Å². The Balaban J connectivity index is 1.31. The summed E-state index contributed by atoms with van der Waals surface area (Å²) in [5, 5.41) is 11.3. The van der Waals surface area contributed by atoms with Gasteiger partial charge in [0.15, 0.2) is 0 Å². The zero-order valence-corrected chi connectivity index (χ0v) is 16.4. The van der Waals surface area contributed by atoms with Crippen LogP contribution in [0.25, 0.3) is 0 Å². The fourth-order valence-corrected chi connectivity index (χ4v) is 4.42. The minimum atomic E-state index is -0.358. The summed E-state index contributed by atoms with van der Waals surface area (Å²) in [5.41, 5.74) is 3.03. The molecule has 0 saturated carbocycles. The zero-order valence-electron chi connectivity index (χ0n) is 16.4. The van der Waals surface area contributed by atoms with Gasteiger partial charge in [0.05, 0.1) is 0 Å². The summed E-state index contributed by atoms with van der Waals surface area (Å²) in [6.45, 7) is 2.63. The van der Waals surface area contributed by atoms with Gasteiger partial charge in [-0.3, -0.25) is 9.59 Å². The Kier molecular flexibility index (Phi) is 4.79. The standard InChI is InChI=1S/C21H25N5O3/c27-20(17-4-3-11-29-17)22-16-7-6-14-8-10-25(13-15(14)12-16)21(28)19-24-23-18-5-1-2-9-26(18)19/h6-7,12,17H,1-5,8-11,13H2,(H,22,27). The average molecular weight is 395 g/mol. The van der Waals surface area contributed by atoms with Crippen molar-refractivity contribution in [3.05, 3.63) is 41.0 Å². The van der Waals surface area contributed by atoms with Gasteiger partial charge in [-0.25, -0.2) is 0 Å². The van der Waals surface area contributed by atoms with Crippen LogP contribution >= 0.6 is 0 Å². The Labute approximate surface area is 169 Å². The molecule has 1 aromatic heterocycles. The first-order valence-corrected chi connectivity index (χ1v) is 10.4. The number of hydrogen-bond donors (Lipinski definition) is 1. The number of nitrogens with one attached hydrogen (secondary N) is 1. The highest BCUT2D eigenvalue weighted by Gasteiger charge is 2.28. The molecule has 5 rings (SSSR count). The van der Waals surface area contributed by atoms with Gasteiger partial charge < -0.3 is 19.5 Å². The summed E-state index contributed by atoms with van der Waals surface area (Å²) in [6, 6.07) is 5.94. The number of aromatic nitrogens is 3. The first kappa shape index (κ1) is 18.3. The highest BCUT2D eigenvalue weighted by Crippen LogP contribution is 2.25. The lowest BCUT2D eigenvalue weighted by atomic mass is 9.98. The van der Waals surface area contributed by atoms with Crippen LogP contribution < -0.4 is 5.32 Å². The van der Waals surface area contributed by atoms with Gasteiger partial charge in [-0.1, -0.05) is 6.07 Å². The summed E-state index contributed by atoms with van der Waals surface area (Å²) >= 11 is 0. The Morgan fingerprint density at radius 2 is 2.00 bits per heavy atom. The number of nitrogens with zero attached hydrogens (tertiary/aromatic N) is 4. The fourth-order valence-electron chi connectivity index (χ4n) is 4.42. The van der Waals surface area contributed by atoms with E-state index in [-0.39, 0.29) is 17.9 Å². The Hall–Kier alpha value is -2.74. The molecule has 3 aliphatic rings. The minimum Gasteiger partial charge on any atom is -0.368 e. The van der Waals surface area contributed by atoms with Gasteiger partial charge in [0.1, 0.15) is 11.9 Å². The smallest absolute Gasteiger partial charge is 0.292 e. The van der Waals surface area contributed by atoms with E-state index in [2.05, 4.69) is 15.5 Å². The van der Waals surface area contributed by atoms with Crippen molar-refractivity contribution in [3.8, 4) is 0 Å². The maximum Gasteiger partial charge on any atom is 0.292 e. The van der Waals surface area contributed by atoms with Gasteiger partial charge in [0.2, 0.25) is 5.82 Å². The van der Waals surface area contributed by atoms with Gasteiger partial charge >= 0.3 is 0 Å². The molecule has 4 heterocycles. The van der Waals surface area contributed by atoms with Gasteiger partial charge in [-0.2, -0.15) is 0 Å². The molecule has 0 aliphatic carbocycles. The van der Waals surface area contributed by atoms with Crippen LogP contribution in [-0.4, -0.2) is 50.7 Å². The number of benzene rings is 1. The molecule has 1 N–H and O–H groups in total. The topological polar surface area (TPSA) is 89.4 Å². The van der Waals surface area contributed by atoms with Crippen LogP contribution in [-0.2, 0) is 35.5 Å². The van der Waals surface area contributed by atoms with Crippen molar-refractivity contribution in [1.82, 2.24) is 19.7 Å². The van der Waals surface area contributed by atoms with Crippen molar-refractivity contribution in [2.24, 2.45) is 0 Å². The first-order chi connectivity index (χ1) is 14.2. The number of aryl methyl sites for hydroxylation is 1. The maximum atomic E-state index is 13.1. The van der Waals surface area contributed by atoms with E-state index in [0.29, 0.717) is 25.5 Å². The number of amides is 2. The van der Waals surface area contributed by atoms with Crippen LogP contribution in [0.5, 0.6) is 0 Å². The first-order valence-electron chi connectivity index (χ1n) is 10.4. The fraction of sp³-hybridized carbons (Fsp3) is 0.524. The minimum absolute atomic E-state index is 0.0647. The lowest BCUT2D eigenvalue weighted by Crippen LogP contribution is -2.37. The molecule has 152 valence electrons. The van der Waals surface area contributed by atoms with Crippen LogP contribution in [0.4, 0.5) is 5.69 Å². The summed E-state index contributed by atoms with van der Waals surface area (Å²) in [5.74, 6) is 1.20. The average Bonchev–Trinajstić information content (AvgIpc) is 3.43. The molecule has 8 nitrogen and oxygen atoms in total. The molecule has 1 fully saturated rings. The summed E-state index contributed by atoms with van der Waals surface area (Å²) in [7, 11) is 0. The molecule has 3 aliphatic heterocycles. The van der Waals surface area contributed by atoms with Crippen molar-refractivity contribution in [3.63, 3.8) is 0 Å². The lowest BCUT2D eigenvalue weighted by molar-refractivity contribution is -0.124. The lowest BCUT2D eigenvalue weighted by Gasteiger charge is -2.29. The Morgan fingerprint density at radius 1 is 1.07 bits per heavy atom. The van der Waals surface area contributed by atoms with Crippen LogP contribution in [0.3, 0.4) is 0 Å². The molecule has 2 aromatic rings. The molecule has 29 heavy (non-hydrogen) atoms. The molecule has 0 radical (unpaired) electrons. The molecule has 0 bridgehead atoms. The third-order valence-corrected chi connectivity index (χ3v) is 6.05. The molecule has 0 spiro atoms. The Bertz CT molecular complexity index is 948. The zero-order chi connectivity index (χ0) is 19.8. The van der Waals surface area contributed by atoms with E-state index >= 15 is 0 Å². The number of rotatable bonds is 3. The summed E-state index contributed by atoms with van der Waals surface area (Å²) in [4.78, 5) is 27.3. The number of carbonyl (C=O) groups is 2. The van der Waals surface area contributed by atoms with Crippen molar-refractivity contribution in [2.45, 2.75) is 57.7 Å². The van der Waals surface area contributed by atoms with E-state index in [4.69, 9.17) is 4.74 Å². The van der Waals surface area contributed by atoms with Crippen molar-refractivity contribution in [1.29, 1.82) is 0 Å². The van der Waals surface area contributed by atoms with Gasteiger partial charge in [0.25, 0.3) is 11.8 Å². The van der Waals surface area contributed by atoms with Crippen LogP contribution in [0, 0.1) is 0 Å². The number of carbonyl (C=O) groups excluding carboxylic acids is 2. The second-order valence-electron chi connectivity index (χ2n) is 8.00. The summed E-state index contributed by atoms with van der Waals surface area (Å²) in [6.07, 6.45) is 5.17. The van der Waals surface area contributed by atoms with E-state index in [1.807, 2.05) is 27.7 Å². The molecule has 8 heteroatoms. The van der Waals surface area contributed by atoms with E-state index < -0.39 is 0 Å². The normalized spacial score (nSPS) is 20.8. The second kappa shape index (κ2) is 7.59. The van der Waals surface area contributed by atoms with E-state index in [1.54, 1.807) is 0 Å². The maximum absolute atomic E-state index is 13.1. The monoisotopic (exact) mass is 395 g/mol. The van der Waals surface area contributed by atoms with Crippen molar-refractivity contribution >= 4 is 17.5 Å². The Morgan fingerprint density at radius 3 is 2.86 bits per heavy atom. The van der Waals surface area contributed by atoms with E-state index in [0.717, 1.165) is 62.1 Å². The van der Waals surface area contributed by atoms with Gasteiger partial charge in [0, 0.05) is 38.3 Å². The van der Waals surface area contributed by atoms with Crippen LogP contribution in [0.1, 0.15) is 53.3 Å². The molecule has 1 atom stereocenters. The number of hydrogen-bond acceptors (Lipinski definition) is 5. The molecular formula is C21H25N5O3. The second-order valence-corrected chi connectivity index (χ2v) is 8.00. The number of anilines is 1.